The first-order valence-electron chi connectivity index (χ1n) is 9.26. The molecule has 1 fully saturated rings. The highest BCUT2D eigenvalue weighted by Crippen LogP contribution is 2.18. The average Bonchev–Trinajstić information content (AvgIpc) is 2.67. The fraction of sp³-hybridized carbons (Fsp3) is 0.429. The lowest BCUT2D eigenvalue weighted by Crippen LogP contribution is -2.39. The van der Waals surface area contributed by atoms with Crippen molar-refractivity contribution in [2.45, 2.75) is 26.3 Å². The molecule has 1 aliphatic heterocycles. The standard InChI is InChI=1S/C21H27N3O2/c1-17-4-2-6-20(12-17)26-16-21(25)23-14-18-7-10-24(11-8-18)15-19-5-3-9-22-13-19/h2-6,9,12-13,18H,7-8,10-11,14-16H2,1H3,(H,23,25). The average molecular weight is 353 g/mol. The third-order valence-electron chi connectivity index (χ3n) is 4.78. The summed E-state index contributed by atoms with van der Waals surface area (Å²) in [5.41, 5.74) is 2.38. The number of pyridine rings is 1. The van der Waals surface area contributed by atoms with E-state index in [2.05, 4.69) is 21.3 Å². The molecule has 0 unspecified atom stereocenters. The Morgan fingerprint density at radius 2 is 2.12 bits per heavy atom. The van der Waals surface area contributed by atoms with Crippen LogP contribution in [0.3, 0.4) is 0 Å². The summed E-state index contributed by atoms with van der Waals surface area (Å²) in [5, 5.41) is 3.01. The Morgan fingerprint density at radius 3 is 2.85 bits per heavy atom. The van der Waals surface area contributed by atoms with Gasteiger partial charge in [0.05, 0.1) is 0 Å². The summed E-state index contributed by atoms with van der Waals surface area (Å²) in [4.78, 5) is 18.6. The van der Waals surface area contributed by atoms with Crippen molar-refractivity contribution in [1.29, 1.82) is 0 Å². The summed E-state index contributed by atoms with van der Waals surface area (Å²) in [6, 6.07) is 11.9. The predicted octanol–water partition coefficient (Wildman–Crippen LogP) is 2.80. The van der Waals surface area contributed by atoms with Gasteiger partial charge in [0.2, 0.25) is 0 Å². The Hall–Kier alpha value is -2.40. The highest BCUT2D eigenvalue weighted by molar-refractivity contribution is 5.77. The zero-order valence-corrected chi connectivity index (χ0v) is 15.4. The molecule has 1 N–H and O–H groups in total. The minimum Gasteiger partial charge on any atom is -0.484 e. The minimum atomic E-state index is -0.0516. The van der Waals surface area contributed by atoms with Gasteiger partial charge in [0.25, 0.3) is 5.91 Å². The number of hydrogen-bond donors (Lipinski definition) is 1. The van der Waals surface area contributed by atoms with Crippen LogP contribution in [0.1, 0.15) is 24.0 Å². The minimum absolute atomic E-state index is 0.0516. The zero-order chi connectivity index (χ0) is 18.2. The Labute approximate surface area is 155 Å². The molecule has 0 atom stereocenters. The van der Waals surface area contributed by atoms with Crippen LogP contribution in [0, 0.1) is 12.8 Å². The van der Waals surface area contributed by atoms with Crippen molar-refractivity contribution in [2.75, 3.05) is 26.2 Å². The van der Waals surface area contributed by atoms with Crippen molar-refractivity contribution in [3.05, 3.63) is 59.9 Å². The fourth-order valence-electron chi connectivity index (χ4n) is 3.26. The number of ether oxygens (including phenoxy) is 1. The molecule has 0 aliphatic carbocycles. The number of rotatable bonds is 7. The number of benzene rings is 1. The van der Waals surface area contributed by atoms with E-state index in [1.165, 1.54) is 5.56 Å². The molecule has 5 heteroatoms. The lowest BCUT2D eigenvalue weighted by molar-refractivity contribution is -0.123. The predicted molar refractivity (Wildman–Crippen MR) is 102 cm³/mol. The number of carbonyl (C=O) groups excluding carboxylic acids is 1. The number of nitrogens with one attached hydrogen (secondary N) is 1. The number of piperidine rings is 1. The molecule has 1 saturated heterocycles. The topological polar surface area (TPSA) is 54.5 Å². The van der Waals surface area contributed by atoms with Gasteiger partial charge in [-0.05, 0) is 68.1 Å². The molecular formula is C21H27N3O2. The van der Waals surface area contributed by atoms with E-state index in [4.69, 9.17) is 4.74 Å². The Balaban J connectivity index is 1.32. The molecule has 0 bridgehead atoms. The first-order valence-corrected chi connectivity index (χ1v) is 9.26. The largest absolute Gasteiger partial charge is 0.484 e. The first kappa shape index (κ1) is 18.4. The highest BCUT2D eigenvalue weighted by Gasteiger charge is 2.19. The lowest BCUT2D eigenvalue weighted by Gasteiger charge is -2.32. The molecule has 2 aromatic rings. The molecule has 1 aliphatic rings. The summed E-state index contributed by atoms with van der Waals surface area (Å²) in [7, 11) is 0. The van der Waals surface area contributed by atoms with Crippen LogP contribution in [-0.4, -0.2) is 42.0 Å². The van der Waals surface area contributed by atoms with Gasteiger partial charge in [-0.3, -0.25) is 14.7 Å². The number of amides is 1. The van der Waals surface area contributed by atoms with E-state index in [1.54, 1.807) is 6.20 Å². The number of carbonyl (C=O) groups is 1. The SMILES string of the molecule is Cc1cccc(OCC(=O)NCC2CCN(Cc3cccnc3)CC2)c1. The molecule has 5 nitrogen and oxygen atoms in total. The molecule has 1 aromatic heterocycles. The van der Waals surface area contributed by atoms with Crippen LogP contribution < -0.4 is 10.1 Å². The fourth-order valence-corrected chi connectivity index (χ4v) is 3.26. The van der Waals surface area contributed by atoms with Crippen LogP contribution in [-0.2, 0) is 11.3 Å². The Morgan fingerprint density at radius 1 is 1.27 bits per heavy atom. The maximum atomic E-state index is 12.0. The monoisotopic (exact) mass is 353 g/mol. The summed E-state index contributed by atoms with van der Waals surface area (Å²) in [6.45, 7) is 5.90. The first-order chi connectivity index (χ1) is 12.7. The number of hydrogen-bond acceptors (Lipinski definition) is 4. The lowest BCUT2D eigenvalue weighted by atomic mass is 9.96. The third kappa shape index (κ3) is 5.85. The van der Waals surface area contributed by atoms with Crippen LogP contribution in [0.2, 0.25) is 0 Å². The quantitative estimate of drug-likeness (QED) is 0.832. The van der Waals surface area contributed by atoms with Crippen LogP contribution in [0.15, 0.2) is 48.8 Å². The highest BCUT2D eigenvalue weighted by atomic mass is 16.5. The van der Waals surface area contributed by atoms with Gasteiger partial charge in [0, 0.05) is 25.5 Å². The van der Waals surface area contributed by atoms with Gasteiger partial charge in [-0.1, -0.05) is 18.2 Å². The molecule has 1 amide bonds. The maximum absolute atomic E-state index is 12.0. The van der Waals surface area contributed by atoms with Gasteiger partial charge in [-0.2, -0.15) is 0 Å². The Bertz CT molecular complexity index is 697. The second-order valence-corrected chi connectivity index (χ2v) is 6.99. The second kappa shape index (κ2) is 9.34. The van der Waals surface area contributed by atoms with Crippen molar-refractivity contribution in [3.8, 4) is 5.75 Å². The van der Waals surface area contributed by atoms with Crippen molar-refractivity contribution in [1.82, 2.24) is 15.2 Å². The van der Waals surface area contributed by atoms with Gasteiger partial charge >= 0.3 is 0 Å². The molecule has 0 spiro atoms. The molecule has 2 heterocycles. The second-order valence-electron chi connectivity index (χ2n) is 6.99. The number of likely N-dealkylation sites (tertiary alicyclic amines) is 1. The summed E-state index contributed by atoms with van der Waals surface area (Å²) >= 11 is 0. The zero-order valence-electron chi connectivity index (χ0n) is 15.4. The van der Waals surface area contributed by atoms with Gasteiger partial charge in [0.15, 0.2) is 6.61 Å². The molecule has 0 saturated carbocycles. The van der Waals surface area contributed by atoms with E-state index < -0.39 is 0 Å². The molecule has 1 aromatic carbocycles. The van der Waals surface area contributed by atoms with Crippen LogP contribution >= 0.6 is 0 Å². The summed E-state index contributed by atoms with van der Waals surface area (Å²) < 4.78 is 5.55. The maximum Gasteiger partial charge on any atom is 0.257 e. The molecule has 26 heavy (non-hydrogen) atoms. The normalized spacial score (nSPS) is 15.6. The van der Waals surface area contributed by atoms with Gasteiger partial charge in [0.1, 0.15) is 5.75 Å². The van der Waals surface area contributed by atoms with Crippen LogP contribution in [0.25, 0.3) is 0 Å². The number of nitrogens with zero attached hydrogens (tertiary/aromatic N) is 2. The van der Waals surface area contributed by atoms with Crippen LogP contribution in [0.4, 0.5) is 0 Å². The van der Waals surface area contributed by atoms with Gasteiger partial charge in [-0.25, -0.2) is 0 Å². The summed E-state index contributed by atoms with van der Waals surface area (Å²) in [6.07, 6.45) is 5.96. The van der Waals surface area contributed by atoms with E-state index >= 15 is 0 Å². The van der Waals surface area contributed by atoms with E-state index in [0.29, 0.717) is 5.92 Å². The number of aromatic nitrogens is 1. The van der Waals surface area contributed by atoms with E-state index in [0.717, 1.165) is 50.3 Å². The van der Waals surface area contributed by atoms with E-state index in [-0.39, 0.29) is 12.5 Å². The summed E-state index contributed by atoms with van der Waals surface area (Å²) in [5.74, 6) is 1.23. The van der Waals surface area contributed by atoms with E-state index in [9.17, 15) is 4.79 Å². The van der Waals surface area contributed by atoms with Crippen LogP contribution in [0.5, 0.6) is 5.75 Å². The third-order valence-corrected chi connectivity index (χ3v) is 4.78. The van der Waals surface area contributed by atoms with Crippen molar-refractivity contribution in [3.63, 3.8) is 0 Å². The van der Waals surface area contributed by atoms with Crippen molar-refractivity contribution < 1.29 is 9.53 Å². The van der Waals surface area contributed by atoms with E-state index in [1.807, 2.05) is 43.5 Å². The van der Waals surface area contributed by atoms with Crippen molar-refractivity contribution in [2.24, 2.45) is 5.92 Å². The molecular weight excluding hydrogens is 326 g/mol. The van der Waals surface area contributed by atoms with Crippen molar-refractivity contribution >= 4 is 5.91 Å². The molecule has 0 radical (unpaired) electrons. The van der Waals surface area contributed by atoms with Gasteiger partial charge in [-0.15, -0.1) is 0 Å². The molecule has 138 valence electrons. The van der Waals surface area contributed by atoms with Gasteiger partial charge < -0.3 is 10.1 Å². The molecule has 3 rings (SSSR count). The smallest absolute Gasteiger partial charge is 0.257 e. The Kier molecular flexibility index (Phi) is 6.61. The number of aryl methyl sites for hydroxylation is 1.